The first-order valence-corrected chi connectivity index (χ1v) is 8.58. The number of nitrogens with zero attached hydrogens (tertiary/aromatic N) is 1. The van der Waals surface area contributed by atoms with Gasteiger partial charge in [-0.05, 0) is 25.8 Å². The molecule has 1 aromatic carbocycles. The van der Waals surface area contributed by atoms with Crippen LogP contribution in [0.1, 0.15) is 44.4 Å². The average molecular weight is 292 g/mol. The number of aryl methyl sites for hydroxylation is 1. The fourth-order valence-electron chi connectivity index (χ4n) is 2.92. The predicted octanol–water partition coefficient (Wildman–Crippen LogP) is 3.60. The molecule has 3 heteroatoms. The SMILES string of the molecule is Cc1ccc(C(C(C)N)N2CCSC(C)(C)CC2)cc1. The number of hydrogen-bond donors (Lipinski definition) is 1. The second-order valence-corrected chi connectivity index (χ2v) is 8.41. The third-order valence-corrected chi connectivity index (χ3v) is 5.55. The molecule has 0 saturated carbocycles. The van der Waals surface area contributed by atoms with Crippen molar-refractivity contribution in [3.8, 4) is 0 Å². The van der Waals surface area contributed by atoms with Crippen LogP contribution >= 0.6 is 11.8 Å². The van der Waals surface area contributed by atoms with Crippen LogP contribution in [0, 0.1) is 6.92 Å². The number of nitrogens with two attached hydrogens (primary N) is 1. The fourth-order valence-corrected chi connectivity index (χ4v) is 4.04. The Morgan fingerprint density at radius 2 is 1.85 bits per heavy atom. The molecule has 2 nitrogen and oxygen atoms in total. The van der Waals surface area contributed by atoms with Gasteiger partial charge in [-0.1, -0.05) is 43.7 Å². The van der Waals surface area contributed by atoms with E-state index in [1.807, 2.05) is 0 Å². The lowest BCUT2D eigenvalue weighted by molar-refractivity contribution is 0.184. The Morgan fingerprint density at radius 3 is 2.45 bits per heavy atom. The minimum Gasteiger partial charge on any atom is -0.326 e. The molecule has 2 unspecified atom stereocenters. The van der Waals surface area contributed by atoms with Gasteiger partial charge in [0.05, 0.1) is 0 Å². The molecule has 20 heavy (non-hydrogen) atoms. The predicted molar refractivity (Wildman–Crippen MR) is 90.3 cm³/mol. The van der Waals surface area contributed by atoms with Gasteiger partial charge in [-0.25, -0.2) is 0 Å². The van der Waals surface area contributed by atoms with E-state index in [0.717, 1.165) is 13.1 Å². The summed E-state index contributed by atoms with van der Waals surface area (Å²) >= 11 is 2.09. The number of hydrogen-bond acceptors (Lipinski definition) is 3. The van der Waals surface area contributed by atoms with Gasteiger partial charge in [-0.15, -0.1) is 0 Å². The van der Waals surface area contributed by atoms with Crippen LogP contribution in [0.25, 0.3) is 0 Å². The van der Waals surface area contributed by atoms with Gasteiger partial charge in [0.1, 0.15) is 0 Å². The van der Waals surface area contributed by atoms with E-state index in [1.54, 1.807) is 0 Å². The number of rotatable bonds is 3. The molecule has 2 rings (SSSR count). The Morgan fingerprint density at radius 1 is 1.20 bits per heavy atom. The first-order valence-electron chi connectivity index (χ1n) is 7.59. The van der Waals surface area contributed by atoms with E-state index in [1.165, 1.54) is 23.3 Å². The summed E-state index contributed by atoms with van der Waals surface area (Å²) in [5, 5.41) is 0. The Kier molecular flexibility index (Phi) is 5.16. The number of thioether (sulfide) groups is 1. The van der Waals surface area contributed by atoms with Gasteiger partial charge in [0.2, 0.25) is 0 Å². The normalized spacial score (nSPS) is 23.1. The van der Waals surface area contributed by atoms with Gasteiger partial charge in [0.15, 0.2) is 0 Å². The minimum atomic E-state index is 0.156. The molecule has 1 aliphatic heterocycles. The Balaban J connectivity index is 2.18. The van der Waals surface area contributed by atoms with Crippen molar-refractivity contribution >= 4 is 11.8 Å². The van der Waals surface area contributed by atoms with Gasteiger partial charge >= 0.3 is 0 Å². The molecule has 2 N–H and O–H groups in total. The highest BCUT2D eigenvalue weighted by molar-refractivity contribution is 8.00. The highest BCUT2D eigenvalue weighted by Gasteiger charge is 2.29. The van der Waals surface area contributed by atoms with Gasteiger partial charge < -0.3 is 5.73 Å². The quantitative estimate of drug-likeness (QED) is 0.923. The van der Waals surface area contributed by atoms with E-state index < -0.39 is 0 Å². The third-order valence-electron chi connectivity index (χ3n) is 4.18. The van der Waals surface area contributed by atoms with Crippen molar-refractivity contribution in [3.05, 3.63) is 35.4 Å². The zero-order valence-electron chi connectivity index (χ0n) is 13.2. The summed E-state index contributed by atoms with van der Waals surface area (Å²) in [6, 6.07) is 9.37. The van der Waals surface area contributed by atoms with Crippen LogP contribution in [0.3, 0.4) is 0 Å². The Labute approximate surface area is 128 Å². The Bertz CT molecular complexity index is 425. The van der Waals surface area contributed by atoms with Crippen LogP contribution in [-0.4, -0.2) is 34.5 Å². The molecular formula is C17H28N2S. The average Bonchev–Trinajstić information content (AvgIpc) is 2.53. The van der Waals surface area contributed by atoms with Crippen molar-refractivity contribution in [2.75, 3.05) is 18.8 Å². The van der Waals surface area contributed by atoms with Crippen molar-refractivity contribution in [2.24, 2.45) is 5.73 Å². The molecule has 1 aromatic rings. The Hall–Kier alpha value is -0.510. The van der Waals surface area contributed by atoms with Crippen LogP contribution < -0.4 is 5.73 Å². The number of benzene rings is 1. The van der Waals surface area contributed by atoms with Gasteiger partial charge in [-0.2, -0.15) is 11.8 Å². The first-order chi connectivity index (χ1) is 9.39. The molecule has 0 aliphatic carbocycles. The van der Waals surface area contributed by atoms with Gasteiger partial charge in [-0.3, -0.25) is 4.90 Å². The summed E-state index contributed by atoms with van der Waals surface area (Å²) < 4.78 is 0.393. The molecule has 112 valence electrons. The van der Waals surface area contributed by atoms with Gasteiger partial charge in [0, 0.05) is 35.7 Å². The van der Waals surface area contributed by atoms with E-state index in [-0.39, 0.29) is 6.04 Å². The minimum absolute atomic E-state index is 0.156. The second kappa shape index (κ2) is 6.50. The summed E-state index contributed by atoms with van der Waals surface area (Å²) in [5.41, 5.74) is 8.97. The summed E-state index contributed by atoms with van der Waals surface area (Å²) in [7, 11) is 0. The van der Waals surface area contributed by atoms with Crippen molar-refractivity contribution < 1.29 is 0 Å². The summed E-state index contributed by atoms with van der Waals surface area (Å²) in [6.07, 6.45) is 1.23. The van der Waals surface area contributed by atoms with E-state index in [4.69, 9.17) is 5.73 Å². The maximum absolute atomic E-state index is 6.31. The molecule has 1 fully saturated rings. The maximum Gasteiger partial charge on any atom is 0.0496 e. The van der Waals surface area contributed by atoms with Crippen LogP contribution in [0.2, 0.25) is 0 Å². The highest BCUT2D eigenvalue weighted by atomic mass is 32.2. The zero-order valence-corrected chi connectivity index (χ0v) is 14.0. The third kappa shape index (κ3) is 4.00. The molecule has 1 saturated heterocycles. The smallest absolute Gasteiger partial charge is 0.0496 e. The molecule has 1 heterocycles. The van der Waals surface area contributed by atoms with Crippen LogP contribution in [-0.2, 0) is 0 Å². The van der Waals surface area contributed by atoms with E-state index in [9.17, 15) is 0 Å². The molecule has 0 spiro atoms. The van der Waals surface area contributed by atoms with Crippen molar-refractivity contribution in [1.82, 2.24) is 4.90 Å². The van der Waals surface area contributed by atoms with Crippen LogP contribution in [0.5, 0.6) is 0 Å². The topological polar surface area (TPSA) is 29.3 Å². The molecule has 0 aromatic heterocycles. The van der Waals surface area contributed by atoms with Crippen LogP contribution in [0.15, 0.2) is 24.3 Å². The fraction of sp³-hybridized carbons (Fsp3) is 0.647. The lowest BCUT2D eigenvalue weighted by Gasteiger charge is -2.34. The van der Waals surface area contributed by atoms with Crippen molar-refractivity contribution in [1.29, 1.82) is 0 Å². The summed E-state index contributed by atoms with van der Waals surface area (Å²) in [4.78, 5) is 2.58. The largest absolute Gasteiger partial charge is 0.326 e. The molecule has 0 amide bonds. The first kappa shape index (κ1) is 15.9. The van der Waals surface area contributed by atoms with Gasteiger partial charge in [0.25, 0.3) is 0 Å². The highest BCUT2D eigenvalue weighted by Crippen LogP contribution is 2.34. The molecule has 1 aliphatic rings. The van der Waals surface area contributed by atoms with E-state index in [0.29, 0.717) is 10.8 Å². The van der Waals surface area contributed by atoms with Crippen molar-refractivity contribution in [2.45, 2.75) is 50.9 Å². The standard InChI is InChI=1S/C17H28N2S/c1-13-5-7-15(8-6-13)16(14(2)18)19-10-9-17(3,4)20-12-11-19/h5-8,14,16H,9-12,18H2,1-4H3. The summed E-state index contributed by atoms with van der Waals surface area (Å²) in [6.45, 7) is 11.2. The molecule has 0 bridgehead atoms. The van der Waals surface area contributed by atoms with Crippen molar-refractivity contribution in [3.63, 3.8) is 0 Å². The zero-order chi connectivity index (χ0) is 14.8. The van der Waals surface area contributed by atoms with E-state index in [2.05, 4.69) is 68.6 Å². The second-order valence-electron chi connectivity index (χ2n) is 6.61. The lowest BCUT2D eigenvalue weighted by Crippen LogP contribution is -2.41. The summed E-state index contributed by atoms with van der Waals surface area (Å²) in [5.74, 6) is 1.20. The molecule has 0 radical (unpaired) electrons. The van der Waals surface area contributed by atoms with E-state index >= 15 is 0 Å². The lowest BCUT2D eigenvalue weighted by atomic mass is 9.97. The monoisotopic (exact) mass is 292 g/mol. The molecule has 2 atom stereocenters. The molecular weight excluding hydrogens is 264 g/mol. The van der Waals surface area contributed by atoms with Crippen LogP contribution in [0.4, 0.5) is 0 Å². The maximum atomic E-state index is 6.31.